The molecule has 3 atom stereocenters. The van der Waals surface area contributed by atoms with Gasteiger partial charge in [0.2, 0.25) is 15.9 Å². The van der Waals surface area contributed by atoms with Gasteiger partial charge in [-0.25, -0.2) is 8.42 Å². The Labute approximate surface area is 131 Å². The number of benzene rings is 1. The van der Waals surface area contributed by atoms with E-state index in [0.29, 0.717) is 13.1 Å². The minimum absolute atomic E-state index is 0.0877. The normalized spacial score (nSPS) is 23.5. The van der Waals surface area contributed by atoms with E-state index < -0.39 is 16.1 Å². The Morgan fingerprint density at radius 2 is 2.05 bits per heavy atom. The van der Waals surface area contributed by atoms with E-state index in [-0.39, 0.29) is 22.8 Å². The van der Waals surface area contributed by atoms with Crippen LogP contribution in [-0.4, -0.2) is 44.4 Å². The summed E-state index contributed by atoms with van der Waals surface area (Å²) in [5.41, 5.74) is 5.66. The van der Waals surface area contributed by atoms with Gasteiger partial charge < -0.3 is 10.6 Å². The van der Waals surface area contributed by atoms with Gasteiger partial charge in [0.25, 0.3) is 0 Å². The number of hydrogen-bond donors (Lipinski definition) is 2. The van der Waals surface area contributed by atoms with Crippen molar-refractivity contribution in [3.05, 3.63) is 30.3 Å². The standard InChI is InChI=1S/C15H23N3O3S/c1-11-8-13(9-16)10-18(11)15(19)12(2)17-22(20,21)14-6-4-3-5-7-14/h3-7,11-13,17H,8-10,16H2,1-2H3. The number of carbonyl (C=O) groups excluding carboxylic acids is 1. The zero-order valence-corrected chi connectivity index (χ0v) is 13.7. The van der Waals surface area contributed by atoms with E-state index in [9.17, 15) is 13.2 Å². The lowest BCUT2D eigenvalue weighted by atomic mass is 10.1. The molecule has 1 saturated heterocycles. The summed E-state index contributed by atoms with van der Waals surface area (Å²) in [4.78, 5) is 14.4. The lowest BCUT2D eigenvalue weighted by Crippen LogP contribution is -2.48. The molecular formula is C15H23N3O3S. The SMILES string of the molecule is CC(NS(=O)(=O)c1ccccc1)C(=O)N1CC(CN)CC1C. The Bertz CT molecular complexity index is 618. The first-order valence-corrected chi connectivity index (χ1v) is 8.91. The van der Waals surface area contributed by atoms with Gasteiger partial charge in [0.15, 0.2) is 0 Å². The third-order valence-electron chi connectivity index (χ3n) is 4.03. The molecule has 22 heavy (non-hydrogen) atoms. The summed E-state index contributed by atoms with van der Waals surface area (Å²) in [6.07, 6.45) is 0.862. The number of hydrogen-bond acceptors (Lipinski definition) is 4. The highest BCUT2D eigenvalue weighted by Gasteiger charge is 2.34. The van der Waals surface area contributed by atoms with Crippen LogP contribution in [0, 0.1) is 5.92 Å². The molecule has 6 nitrogen and oxygen atoms in total. The van der Waals surface area contributed by atoms with Gasteiger partial charge in [-0.2, -0.15) is 4.72 Å². The Hall–Kier alpha value is -1.44. The summed E-state index contributed by atoms with van der Waals surface area (Å²) in [5, 5.41) is 0. The van der Waals surface area contributed by atoms with Crippen LogP contribution in [0.5, 0.6) is 0 Å². The first kappa shape index (κ1) is 16.9. The first-order valence-electron chi connectivity index (χ1n) is 7.43. The van der Waals surface area contributed by atoms with Crippen molar-refractivity contribution >= 4 is 15.9 Å². The van der Waals surface area contributed by atoms with Crippen molar-refractivity contribution in [3.8, 4) is 0 Å². The van der Waals surface area contributed by atoms with Crippen LogP contribution in [0.3, 0.4) is 0 Å². The molecule has 0 spiro atoms. The maximum absolute atomic E-state index is 12.5. The molecule has 1 heterocycles. The van der Waals surface area contributed by atoms with Crippen molar-refractivity contribution in [1.29, 1.82) is 0 Å². The van der Waals surface area contributed by atoms with E-state index in [1.807, 2.05) is 6.92 Å². The van der Waals surface area contributed by atoms with Crippen molar-refractivity contribution in [2.75, 3.05) is 13.1 Å². The number of rotatable bonds is 5. The molecule has 1 aromatic rings. The Morgan fingerprint density at radius 3 is 2.59 bits per heavy atom. The van der Waals surface area contributed by atoms with Crippen LogP contribution in [0.1, 0.15) is 20.3 Å². The van der Waals surface area contributed by atoms with Gasteiger partial charge in [0.05, 0.1) is 10.9 Å². The fraction of sp³-hybridized carbons (Fsp3) is 0.533. The van der Waals surface area contributed by atoms with Gasteiger partial charge >= 0.3 is 0 Å². The molecule has 1 aliphatic rings. The highest BCUT2D eigenvalue weighted by Crippen LogP contribution is 2.23. The van der Waals surface area contributed by atoms with Crippen molar-refractivity contribution in [2.45, 2.75) is 37.2 Å². The van der Waals surface area contributed by atoms with Crippen molar-refractivity contribution in [1.82, 2.24) is 9.62 Å². The molecule has 1 fully saturated rings. The van der Waals surface area contributed by atoms with E-state index in [1.165, 1.54) is 12.1 Å². The van der Waals surface area contributed by atoms with Crippen LogP contribution in [-0.2, 0) is 14.8 Å². The Morgan fingerprint density at radius 1 is 1.41 bits per heavy atom. The molecule has 0 aliphatic carbocycles. The minimum atomic E-state index is -3.69. The smallest absolute Gasteiger partial charge is 0.241 e. The number of nitrogens with zero attached hydrogens (tertiary/aromatic N) is 1. The van der Waals surface area contributed by atoms with Crippen LogP contribution in [0.25, 0.3) is 0 Å². The Kier molecular flexibility index (Phi) is 5.20. The largest absolute Gasteiger partial charge is 0.338 e. The fourth-order valence-electron chi connectivity index (χ4n) is 2.82. The molecule has 0 saturated carbocycles. The van der Waals surface area contributed by atoms with E-state index >= 15 is 0 Å². The highest BCUT2D eigenvalue weighted by atomic mass is 32.2. The maximum atomic E-state index is 12.5. The second-order valence-corrected chi connectivity index (χ2v) is 7.55. The van der Waals surface area contributed by atoms with Crippen molar-refractivity contribution in [2.24, 2.45) is 11.7 Å². The average Bonchev–Trinajstić information content (AvgIpc) is 2.88. The fourth-order valence-corrected chi connectivity index (χ4v) is 4.04. The molecule has 122 valence electrons. The van der Waals surface area contributed by atoms with Gasteiger partial charge in [-0.3, -0.25) is 4.79 Å². The maximum Gasteiger partial charge on any atom is 0.241 e. The molecule has 1 amide bonds. The second-order valence-electron chi connectivity index (χ2n) is 5.83. The molecule has 0 aromatic heterocycles. The monoisotopic (exact) mass is 325 g/mol. The summed E-state index contributed by atoms with van der Waals surface area (Å²) >= 11 is 0. The summed E-state index contributed by atoms with van der Waals surface area (Å²) in [6.45, 7) is 4.67. The van der Waals surface area contributed by atoms with Crippen LogP contribution in [0.4, 0.5) is 0 Å². The van der Waals surface area contributed by atoms with Crippen LogP contribution < -0.4 is 10.5 Å². The van der Waals surface area contributed by atoms with E-state index in [4.69, 9.17) is 5.73 Å². The van der Waals surface area contributed by atoms with Gasteiger partial charge in [-0.15, -0.1) is 0 Å². The molecule has 1 aliphatic heterocycles. The Balaban J connectivity index is 2.06. The number of nitrogens with one attached hydrogen (secondary N) is 1. The number of likely N-dealkylation sites (tertiary alicyclic amines) is 1. The molecule has 1 aromatic carbocycles. The second kappa shape index (κ2) is 6.76. The highest BCUT2D eigenvalue weighted by molar-refractivity contribution is 7.89. The zero-order valence-electron chi connectivity index (χ0n) is 12.9. The molecule has 2 rings (SSSR count). The van der Waals surface area contributed by atoms with Crippen LogP contribution in [0.15, 0.2) is 35.2 Å². The lowest BCUT2D eigenvalue weighted by Gasteiger charge is -2.25. The molecule has 3 unspecified atom stereocenters. The van der Waals surface area contributed by atoms with Gasteiger partial charge in [-0.05, 0) is 44.9 Å². The van der Waals surface area contributed by atoms with Gasteiger partial charge in [0, 0.05) is 12.6 Å². The summed E-state index contributed by atoms with van der Waals surface area (Å²) in [7, 11) is -3.69. The number of carbonyl (C=O) groups is 1. The topological polar surface area (TPSA) is 92.5 Å². The summed E-state index contributed by atoms with van der Waals surface area (Å²) in [5.74, 6) is 0.0832. The predicted octanol–water partition coefficient (Wildman–Crippen LogP) is 0.549. The van der Waals surface area contributed by atoms with Crippen molar-refractivity contribution in [3.63, 3.8) is 0 Å². The number of nitrogens with two attached hydrogens (primary N) is 1. The minimum Gasteiger partial charge on any atom is -0.338 e. The zero-order chi connectivity index (χ0) is 16.3. The lowest BCUT2D eigenvalue weighted by molar-refractivity contribution is -0.133. The van der Waals surface area contributed by atoms with E-state index in [2.05, 4.69) is 4.72 Å². The third-order valence-corrected chi connectivity index (χ3v) is 5.59. The number of amides is 1. The quantitative estimate of drug-likeness (QED) is 0.827. The van der Waals surface area contributed by atoms with Crippen LogP contribution >= 0.6 is 0 Å². The molecule has 0 bridgehead atoms. The van der Waals surface area contributed by atoms with E-state index in [1.54, 1.807) is 30.0 Å². The van der Waals surface area contributed by atoms with Gasteiger partial charge in [-0.1, -0.05) is 18.2 Å². The molecule has 7 heteroatoms. The predicted molar refractivity (Wildman–Crippen MR) is 84.6 cm³/mol. The molecule has 3 N–H and O–H groups in total. The number of sulfonamides is 1. The van der Waals surface area contributed by atoms with E-state index in [0.717, 1.165) is 6.42 Å². The summed E-state index contributed by atoms with van der Waals surface area (Å²) in [6, 6.07) is 7.33. The van der Waals surface area contributed by atoms with Gasteiger partial charge in [0.1, 0.15) is 0 Å². The molecular weight excluding hydrogens is 302 g/mol. The first-order chi connectivity index (χ1) is 10.3. The average molecular weight is 325 g/mol. The van der Waals surface area contributed by atoms with Crippen molar-refractivity contribution < 1.29 is 13.2 Å². The summed E-state index contributed by atoms with van der Waals surface area (Å²) < 4.78 is 27.0. The third kappa shape index (κ3) is 3.66. The van der Waals surface area contributed by atoms with Crippen LogP contribution in [0.2, 0.25) is 0 Å². The molecule has 0 radical (unpaired) electrons.